The summed E-state index contributed by atoms with van der Waals surface area (Å²) in [6.45, 7) is 2.94. The summed E-state index contributed by atoms with van der Waals surface area (Å²) in [6, 6.07) is 3.92. The smallest absolute Gasteiger partial charge is 0.225 e. The number of carbonyl (C=O) groups is 1. The Balaban J connectivity index is 2.24. The fourth-order valence-electron chi connectivity index (χ4n) is 1.53. The van der Waals surface area contributed by atoms with Gasteiger partial charge in [-0.3, -0.25) is 4.79 Å². The van der Waals surface area contributed by atoms with Crippen LogP contribution >= 0.6 is 11.3 Å². The van der Waals surface area contributed by atoms with Gasteiger partial charge >= 0.3 is 0 Å². The molecule has 0 radical (unpaired) electrons. The van der Waals surface area contributed by atoms with Crippen molar-refractivity contribution >= 4 is 17.2 Å². The molecule has 0 fully saturated rings. The molecule has 0 spiro atoms. The fraction of sp³-hybridized carbons (Fsp3) is 0.583. The molecule has 1 aromatic rings. The summed E-state index contributed by atoms with van der Waals surface area (Å²) in [5.41, 5.74) is 0. The van der Waals surface area contributed by atoms with E-state index in [9.17, 15) is 4.79 Å². The molecule has 3 nitrogen and oxygen atoms in total. The summed E-state index contributed by atoms with van der Waals surface area (Å²) in [5.74, 6) is 0.455. The number of rotatable bonds is 7. The third kappa shape index (κ3) is 4.77. The molecule has 1 heterocycles. The Morgan fingerprint density at radius 2 is 2.44 bits per heavy atom. The molecule has 0 saturated carbocycles. The zero-order valence-electron chi connectivity index (χ0n) is 9.61. The first-order valence-corrected chi connectivity index (χ1v) is 6.54. The number of aliphatic hydroxyl groups excluding tert-OH is 1. The molecule has 0 saturated heterocycles. The second-order valence-corrected chi connectivity index (χ2v) is 4.88. The van der Waals surface area contributed by atoms with Gasteiger partial charge in [-0.2, -0.15) is 0 Å². The Labute approximate surface area is 100 Å². The average molecular weight is 241 g/mol. The highest BCUT2D eigenvalue weighted by atomic mass is 32.1. The van der Waals surface area contributed by atoms with E-state index < -0.39 is 0 Å². The Hall–Kier alpha value is -0.870. The van der Waals surface area contributed by atoms with Crippen LogP contribution in [0.25, 0.3) is 0 Å². The van der Waals surface area contributed by atoms with Crippen molar-refractivity contribution in [3.05, 3.63) is 22.4 Å². The SMILES string of the molecule is CCC(CCO)CNC(=O)Cc1cccs1. The van der Waals surface area contributed by atoms with Crippen LogP contribution in [0.3, 0.4) is 0 Å². The van der Waals surface area contributed by atoms with Crippen molar-refractivity contribution in [2.24, 2.45) is 5.92 Å². The molecule has 0 aliphatic rings. The van der Waals surface area contributed by atoms with Gasteiger partial charge in [0.05, 0.1) is 6.42 Å². The van der Waals surface area contributed by atoms with Crippen molar-refractivity contribution in [3.8, 4) is 0 Å². The van der Waals surface area contributed by atoms with Crippen molar-refractivity contribution in [2.75, 3.05) is 13.2 Å². The van der Waals surface area contributed by atoms with Gasteiger partial charge in [0.2, 0.25) is 5.91 Å². The van der Waals surface area contributed by atoms with Crippen LogP contribution in [0.2, 0.25) is 0 Å². The van der Waals surface area contributed by atoms with Gasteiger partial charge in [0.15, 0.2) is 0 Å². The number of aliphatic hydroxyl groups is 1. The molecule has 1 aromatic heterocycles. The van der Waals surface area contributed by atoms with E-state index in [1.165, 1.54) is 0 Å². The van der Waals surface area contributed by atoms with Gasteiger partial charge in [0.1, 0.15) is 0 Å². The second kappa shape index (κ2) is 7.41. The van der Waals surface area contributed by atoms with E-state index in [1.807, 2.05) is 17.5 Å². The topological polar surface area (TPSA) is 49.3 Å². The molecular weight excluding hydrogens is 222 g/mol. The molecule has 4 heteroatoms. The lowest BCUT2D eigenvalue weighted by atomic mass is 10.0. The van der Waals surface area contributed by atoms with E-state index in [4.69, 9.17) is 5.11 Å². The average Bonchev–Trinajstić information content (AvgIpc) is 2.76. The fourth-order valence-corrected chi connectivity index (χ4v) is 2.23. The van der Waals surface area contributed by atoms with Gasteiger partial charge in [0.25, 0.3) is 0 Å². The van der Waals surface area contributed by atoms with Gasteiger partial charge in [-0.15, -0.1) is 11.3 Å². The number of hydrogen-bond donors (Lipinski definition) is 2. The molecule has 0 bridgehead atoms. The number of nitrogens with one attached hydrogen (secondary N) is 1. The molecule has 1 rings (SSSR count). The predicted molar refractivity (Wildman–Crippen MR) is 66.5 cm³/mol. The normalized spacial score (nSPS) is 12.4. The van der Waals surface area contributed by atoms with E-state index in [0.717, 1.165) is 17.7 Å². The maximum absolute atomic E-state index is 11.6. The third-order valence-corrected chi connectivity index (χ3v) is 3.49. The highest BCUT2D eigenvalue weighted by molar-refractivity contribution is 7.10. The van der Waals surface area contributed by atoms with Crippen LogP contribution in [0, 0.1) is 5.92 Å². The van der Waals surface area contributed by atoms with E-state index >= 15 is 0 Å². The third-order valence-electron chi connectivity index (χ3n) is 2.62. The van der Waals surface area contributed by atoms with Gasteiger partial charge < -0.3 is 10.4 Å². The first-order chi connectivity index (χ1) is 7.76. The summed E-state index contributed by atoms with van der Waals surface area (Å²) in [5, 5.41) is 13.7. The zero-order valence-corrected chi connectivity index (χ0v) is 10.4. The minimum Gasteiger partial charge on any atom is -0.396 e. The first kappa shape index (κ1) is 13.2. The molecule has 0 aliphatic carbocycles. The van der Waals surface area contributed by atoms with Crippen LogP contribution in [0.15, 0.2) is 17.5 Å². The van der Waals surface area contributed by atoms with Crippen LogP contribution in [0.5, 0.6) is 0 Å². The summed E-state index contributed by atoms with van der Waals surface area (Å²) in [7, 11) is 0. The molecule has 0 aliphatic heterocycles. The number of carbonyl (C=O) groups excluding carboxylic acids is 1. The maximum atomic E-state index is 11.6. The molecule has 0 aromatic carbocycles. The molecule has 1 amide bonds. The minimum atomic E-state index is 0.0684. The van der Waals surface area contributed by atoms with Crippen molar-refractivity contribution in [1.29, 1.82) is 0 Å². The van der Waals surface area contributed by atoms with E-state index in [-0.39, 0.29) is 12.5 Å². The van der Waals surface area contributed by atoms with E-state index in [0.29, 0.717) is 18.9 Å². The van der Waals surface area contributed by atoms with Crippen LogP contribution < -0.4 is 5.32 Å². The largest absolute Gasteiger partial charge is 0.396 e. The highest BCUT2D eigenvalue weighted by Gasteiger charge is 2.08. The van der Waals surface area contributed by atoms with Crippen LogP contribution in [-0.2, 0) is 11.2 Å². The van der Waals surface area contributed by atoms with Gasteiger partial charge in [-0.25, -0.2) is 0 Å². The lowest BCUT2D eigenvalue weighted by molar-refractivity contribution is -0.120. The van der Waals surface area contributed by atoms with Crippen LogP contribution in [-0.4, -0.2) is 24.2 Å². The zero-order chi connectivity index (χ0) is 11.8. The minimum absolute atomic E-state index is 0.0684. The first-order valence-electron chi connectivity index (χ1n) is 5.66. The van der Waals surface area contributed by atoms with Gasteiger partial charge in [-0.1, -0.05) is 19.4 Å². The van der Waals surface area contributed by atoms with Crippen molar-refractivity contribution in [2.45, 2.75) is 26.2 Å². The molecule has 16 heavy (non-hydrogen) atoms. The van der Waals surface area contributed by atoms with Crippen LogP contribution in [0.1, 0.15) is 24.6 Å². The molecule has 1 unspecified atom stereocenters. The van der Waals surface area contributed by atoms with E-state index in [1.54, 1.807) is 11.3 Å². The lowest BCUT2D eigenvalue weighted by Gasteiger charge is -2.13. The molecule has 1 atom stereocenters. The summed E-state index contributed by atoms with van der Waals surface area (Å²) < 4.78 is 0. The summed E-state index contributed by atoms with van der Waals surface area (Å²) in [4.78, 5) is 12.7. The van der Waals surface area contributed by atoms with Gasteiger partial charge in [-0.05, 0) is 23.8 Å². The standard InChI is InChI=1S/C12H19NO2S/c1-2-10(5-6-14)9-13-12(15)8-11-4-3-7-16-11/h3-4,7,10,14H,2,5-6,8-9H2,1H3,(H,13,15). The van der Waals surface area contributed by atoms with Crippen molar-refractivity contribution in [1.82, 2.24) is 5.32 Å². The molecule has 90 valence electrons. The lowest BCUT2D eigenvalue weighted by Crippen LogP contribution is -2.30. The monoisotopic (exact) mass is 241 g/mol. The Bertz CT molecular complexity index is 298. The Morgan fingerprint density at radius 1 is 1.62 bits per heavy atom. The van der Waals surface area contributed by atoms with E-state index in [2.05, 4.69) is 12.2 Å². The summed E-state index contributed by atoms with van der Waals surface area (Å²) >= 11 is 1.60. The number of hydrogen-bond acceptors (Lipinski definition) is 3. The van der Waals surface area contributed by atoms with Crippen molar-refractivity contribution < 1.29 is 9.90 Å². The molecular formula is C12H19NO2S. The Morgan fingerprint density at radius 3 is 3.00 bits per heavy atom. The molecule has 2 N–H and O–H groups in total. The maximum Gasteiger partial charge on any atom is 0.225 e. The highest BCUT2D eigenvalue weighted by Crippen LogP contribution is 2.09. The summed E-state index contributed by atoms with van der Waals surface area (Å²) in [6.07, 6.45) is 2.21. The Kier molecular flexibility index (Phi) is 6.11. The van der Waals surface area contributed by atoms with Crippen molar-refractivity contribution in [3.63, 3.8) is 0 Å². The number of thiophene rings is 1. The second-order valence-electron chi connectivity index (χ2n) is 3.85. The van der Waals surface area contributed by atoms with Crippen LogP contribution in [0.4, 0.5) is 0 Å². The predicted octanol–water partition coefficient (Wildman–Crippen LogP) is 1.82. The quantitative estimate of drug-likeness (QED) is 0.765. The van der Waals surface area contributed by atoms with Gasteiger partial charge in [0, 0.05) is 18.0 Å². The number of amides is 1.